The summed E-state index contributed by atoms with van der Waals surface area (Å²) in [4.78, 5) is 35.4. The number of aromatic hydroxyl groups is 1. The highest BCUT2D eigenvalue weighted by molar-refractivity contribution is 5.98. The number of phenols is 1. The van der Waals surface area contributed by atoms with Gasteiger partial charge in [0.25, 0.3) is 0 Å². The van der Waals surface area contributed by atoms with E-state index in [4.69, 9.17) is 9.15 Å². The maximum absolute atomic E-state index is 12.1. The first-order chi connectivity index (χ1) is 13.9. The molecule has 2 heterocycles. The van der Waals surface area contributed by atoms with Crippen LogP contribution in [0.5, 0.6) is 11.5 Å². The molecule has 0 saturated heterocycles. The van der Waals surface area contributed by atoms with Crippen molar-refractivity contribution in [2.45, 2.75) is 19.3 Å². The van der Waals surface area contributed by atoms with Crippen molar-refractivity contribution in [1.29, 1.82) is 0 Å². The second-order valence-electron chi connectivity index (χ2n) is 6.71. The number of hydrogen-bond acceptors (Lipinski definition) is 6. The van der Waals surface area contributed by atoms with Gasteiger partial charge in [-0.25, -0.2) is 4.79 Å². The lowest BCUT2D eigenvalue weighted by atomic mass is 9.88. The summed E-state index contributed by atoms with van der Waals surface area (Å²) in [7, 11) is 0. The molecule has 146 valence electrons. The van der Waals surface area contributed by atoms with Gasteiger partial charge in [-0.15, -0.1) is 0 Å². The summed E-state index contributed by atoms with van der Waals surface area (Å²) < 4.78 is 11.1. The van der Waals surface area contributed by atoms with Gasteiger partial charge in [0.2, 0.25) is 0 Å². The number of esters is 1. The molecule has 7 heteroatoms. The van der Waals surface area contributed by atoms with Crippen molar-refractivity contribution in [3.05, 3.63) is 71.0 Å². The number of furan rings is 1. The van der Waals surface area contributed by atoms with Crippen LogP contribution in [-0.2, 0) is 4.79 Å². The molecule has 29 heavy (non-hydrogen) atoms. The van der Waals surface area contributed by atoms with Crippen LogP contribution in [0.25, 0.3) is 11.3 Å². The first-order valence-corrected chi connectivity index (χ1v) is 8.86. The zero-order valence-corrected chi connectivity index (χ0v) is 15.3. The van der Waals surface area contributed by atoms with Gasteiger partial charge in [0, 0.05) is 11.1 Å². The lowest BCUT2D eigenvalue weighted by molar-refractivity contribution is -0.135. The quantitative estimate of drug-likeness (QED) is 0.392. The Morgan fingerprint density at radius 2 is 1.79 bits per heavy atom. The molecule has 0 spiro atoms. The van der Waals surface area contributed by atoms with Crippen molar-refractivity contribution in [3.8, 4) is 22.8 Å². The van der Waals surface area contributed by atoms with Crippen LogP contribution < -0.4 is 4.74 Å². The molecule has 0 aliphatic carbocycles. The van der Waals surface area contributed by atoms with E-state index in [9.17, 15) is 24.6 Å². The van der Waals surface area contributed by atoms with Crippen molar-refractivity contribution in [1.82, 2.24) is 0 Å². The second-order valence-corrected chi connectivity index (χ2v) is 6.71. The molecular formula is C22H16O7. The molecule has 2 N–H and O–H groups in total. The molecule has 1 aliphatic heterocycles. The largest absolute Gasteiger partial charge is 0.507 e. The number of ketones is 1. The third-order valence-electron chi connectivity index (χ3n) is 4.89. The van der Waals surface area contributed by atoms with Gasteiger partial charge >= 0.3 is 11.9 Å². The number of carbonyl (C=O) groups excluding carboxylic acids is 2. The molecule has 0 radical (unpaired) electrons. The summed E-state index contributed by atoms with van der Waals surface area (Å²) in [6, 6.07) is 12.5. The Balaban J connectivity index is 1.82. The van der Waals surface area contributed by atoms with Crippen molar-refractivity contribution < 1.29 is 33.8 Å². The molecule has 1 atom stereocenters. The number of ether oxygens (including phenoxy) is 1. The molecule has 1 aromatic heterocycles. The molecule has 1 aliphatic rings. The second kappa shape index (κ2) is 6.94. The van der Waals surface area contributed by atoms with Crippen LogP contribution in [0.2, 0.25) is 0 Å². The minimum absolute atomic E-state index is 0.0820. The maximum atomic E-state index is 12.1. The summed E-state index contributed by atoms with van der Waals surface area (Å²) in [5.74, 6) is -1.99. The molecule has 2 aromatic carbocycles. The van der Waals surface area contributed by atoms with E-state index in [0.717, 1.165) is 0 Å². The van der Waals surface area contributed by atoms with Gasteiger partial charge in [0.15, 0.2) is 5.78 Å². The van der Waals surface area contributed by atoms with E-state index in [2.05, 4.69) is 0 Å². The number of hydrogen-bond donors (Lipinski definition) is 2. The Labute approximate surface area is 165 Å². The van der Waals surface area contributed by atoms with Crippen LogP contribution >= 0.6 is 0 Å². The highest BCUT2D eigenvalue weighted by Gasteiger charge is 2.35. The monoisotopic (exact) mass is 392 g/mol. The zero-order valence-electron chi connectivity index (χ0n) is 15.3. The number of carboxylic acid groups (broad SMARTS) is 1. The van der Waals surface area contributed by atoms with Crippen LogP contribution in [0.3, 0.4) is 0 Å². The van der Waals surface area contributed by atoms with Crippen molar-refractivity contribution >= 4 is 17.7 Å². The molecule has 0 unspecified atom stereocenters. The Hall–Kier alpha value is -3.87. The number of benzene rings is 2. The molecule has 0 saturated carbocycles. The Kier molecular flexibility index (Phi) is 4.43. The Morgan fingerprint density at radius 3 is 2.52 bits per heavy atom. The molecule has 3 aromatic rings. The molecule has 0 fully saturated rings. The van der Waals surface area contributed by atoms with Crippen molar-refractivity contribution in [2.24, 2.45) is 0 Å². The number of fused-ring (bicyclic) bond motifs is 1. The van der Waals surface area contributed by atoms with Crippen molar-refractivity contribution in [3.63, 3.8) is 0 Å². The first kappa shape index (κ1) is 18.5. The lowest BCUT2D eigenvalue weighted by Crippen LogP contribution is -2.21. The van der Waals surface area contributed by atoms with Gasteiger partial charge < -0.3 is 19.4 Å². The van der Waals surface area contributed by atoms with Gasteiger partial charge in [-0.2, -0.15) is 0 Å². The molecule has 0 amide bonds. The average molecular weight is 392 g/mol. The number of carboxylic acids is 1. The van der Waals surface area contributed by atoms with Crippen LogP contribution in [0.15, 0.2) is 52.9 Å². The average Bonchev–Trinajstić information content (AvgIpc) is 3.17. The van der Waals surface area contributed by atoms with Crippen molar-refractivity contribution in [2.75, 3.05) is 0 Å². The number of aromatic carboxylic acids is 1. The van der Waals surface area contributed by atoms with E-state index < -0.39 is 17.9 Å². The summed E-state index contributed by atoms with van der Waals surface area (Å²) in [6.07, 6.45) is -0.0878. The molecule has 4 rings (SSSR count). The van der Waals surface area contributed by atoms with E-state index >= 15 is 0 Å². The fourth-order valence-electron chi connectivity index (χ4n) is 3.54. The smallest absolute Gasteiger partial charge is 0.336 e. The highest BCUT2D eigenvalue weighted by atomic mass is 16.5. The number of Topliss-reactive ketones (excluding diaryl/α,β-unsaturated/α-hetero) is 1. The maximum Gasteiger partial charge on any atom is 0.336 e. The number of rotatable bonds is 4. The summed E-state index contributed by atoms with van der Waals surface area (Å²) in [5, 5.41) is 20.0. The normalized spacial score (nSPS) is 15.5. The number of phenolic OH excluding ortho intramolecular Hbond substituents is 1. The summed E-state index contributed by atoms with van der Waals surface area (Å²) >= 11 is 0. The van der Waals surface area contributed by atoms with E-state index in [-0.39, 0.29) is 34.8 Å². The number of carbonyl (C=O) groups is 3. The Bertz CT molecular complexity index is 1160. The molecular weight excluding hydrogens is 376 g/mol. The van der Waals surface area contributed by atoms with Crippen LogP contribution in [-0.4, -0.2) is 27.9 Å². The third-order valence-corrected chi connectivity index (χ3v) is 4.89. The summed E-state index contributed by atoms with van der Waals surface area (Å²) in [6.45, 7) is 1.33. The van der Waals surface area contributed by atoms with Crippen LogP contribution in [0.4, 0.5) is 0 Å². The fourth-order valence-corrected chi connectivity index (χ4v) is 3.54. The fraction of sp³-hybridized carbons (Fsp3) is 0.136. The van der Waals surface area contributed by atoms with Crippen LogP contribution in [0, 0.1) is 0 Å². The van der Waals surface area contributed by atoms with Gasteiger partial charge in [0.05, 0.1) is 23.5 Å². The van der Waals surface area contributed by atoms with Gasteiger partial charge in [-0.3, -0.25) is 9.59 Å². The predicted octanol–water partition coefficient (Wildman–Crippen LogP) is 3.99. The first-order valence-electron chi connectivity index (χ1n) is 8.86. The zero-order chi connectivity index (χ0) is 20.7. The Morgan fingerprint density at radius 1 is 1.03 bits per heavy atom. The van der Waals surface area contributed by atoms with Gasteiger partial charge in [-0.1, -0.05) is 18.2 Å². The third kappa shape index (κ3) is 3.16. The molecule has 0 bridgehead atoms. The predicted molar refractivity (Wildman–Crippen MR) is 101 cm³/mol. The lowest BCUT2D eigenvalue weighted by Gasteiger charge is -2.24. The van der Waals surface area contributed by atoms with E-state index in [1.54, 1.807) is 30.3 Å². The van der Waals surface area contributed by atoms with E-state index in [1.807, 2.05) is 0 Å². The van der Waals surface area contributed by atoms with Crippen LogP contribution in [0.1, 0.15) is 51.3 Å². The summed E-state index contributed by atoms with van der Waals surface area (Å²) in [5.41, 5.74) is 0.893. The van der Waals surface area contributed by atoms with Gasteiger partial charge in [0.1, 0.15) is 23.0 Å². The van der Waals surface area contributed by atoms with E-state index in [1.165, 1.54) is 25.1 Å². The van der Waals surface area contributed by atoms with Gasteiger partial charge in [-0.05, 0) is 37.3 Å². The minimum atomic E-state index is -1.09. The standard InChI is InChI=1S/C22H16O7/c1-11(23)12-6-7-18-20(21(12)25)15(10-19(24)29-18)17-9-8-16(28-17)13-4-2-3-5-14(13)22(26)27/h2-9,15,25H,10H2,1H3,(H,26,27)/t15-/m0/s1. The topological polar surface area (TPSA) is 114 Å². The van der Waals surface area contributed by atoms with E-state index in [0.29, 0.717) is 22.6 Å². The minimum Gasteiger partial charge on any atom is -0.507 e. The molecule has 7 nitrogen and oxygen atoms in total. The highest BCUT2D eigenvalue weighted by Crippen LogP contribution is 2.46. The SMILES string of the molecule is CC(=O)c1ccc2c(c1O)[C@H](c1ccc(-c3ccccc3C(=O)O)o1)CC(=O)O2.